The average Bonchev–Trinajstić information content (AvgIpc) is 2.51. The number of rotatable bonds is 6. The van der Waals surface area contributed by atoms with Gasteiger partial charge in [-0.25, -0.2) is 15.8 Å². The van der Waals surface area contributed by atoms with Crippen molar-refractivity contribution in [2.75, 3.05) is 17.9 Å². The highest BCUT2D eigenvalue weighted by molar-refractivity contribution is 5.68. The molecule has 1 aromatic carbocycles. The number of nitrogens with zero attached hydrogens (tertiary/aromatic N) is 2. The van der Waals surface area contributed by atoms with E-state index in [0.717, 1.165) is 41.5 Å². The van der Waals surface area contributed by atoms with E-state index in [4.69, 9.17) is 10.6 Å². The number of hydrogen-bond acceptors (Lipinski definition) is 6. The highest BCUT2D eigenvalue weighted by atomic mass is 16.5. The first-order valence-electron chi connectivity index (χ1n) is 6.93. The third-order valence-corrected chi connectivity index (χ3v) is 3.16. The summed E-state index contributed by atoms with van der Waals surface area (Å²) in [5.41, 5.74) is 4.34. The predicted octanol–water partition coefficient (Wildman–Crippen LogP) is 2.78. The SMILES string of the molecule is CCCc1nc(NN)c(C)c(Nc2ccccc2OC)n1. The molecule has 6 heteroatoms. The van der Waals surface area contributed by atoms with Crippen molar-refractivity contribution in [2.45, 2.75) is 26.7 Å². The minimum Gasteiger partial charge on any atom is -0.495 e. The molecule has 6 nitrogen and oxygen atoms in total. The summed E-state index contributed by atoms with van der Waals surface area (Å²) in [6.07, 6.45) is 1.77. The minimum absolute atomic E-state index is 0.630. The van der Waals surface area contributed by atoms with Crippen molar-refractivity contribution in [3.63, 3.8) is 0 Å². The number of methoxy groups -OCH3 is 1. The average molecular weight is 287 g/mol. The third-order valence-electron chi connectivity index (χ3n) is 3.16. The summed E-state index contributed by atoms with van der Waals surface area (Å²) >= 11 is 0. The Balaban J connectivity index is 2.40. The smallest absolute Gasteiger partial charge is 0.148 e. The number of para-hydroxylation sites is 2. The molecule has 0 spiro atoms. The number of aryl methyl sites for hydroxylation is 1. The third kappa shape index (κ3) is 3.41. The van der Waals surface area contributed by atoms with Crippen molar-refractivity contribution in [3.8, 4) is 5.75 Å². The second-order valence-electron chi connectivity index (χ2n) is 4.68. The maximum atomic E-state index is 5.54. The Morgan fingerprint density at radius 1 is 1.19 bits per heavy atom. The van der Waals surface area contributed by atoms with E-state index in [2.05, 4.69) is 27.6 Å². The van der Waals surface area contributed by atoms with Gasteiger partial charge in [0, 0.05) is 12.0 Å². The number of benzene rings is 1. The van der Waals surface area contributed by atoms with Crippen LogP contribution in [0.5, 0.6) is 5.75 Å². The van der Waals surface area contributed by atoms with Gasteiger partial charge in [0.05, 0.1) is 12.8 Å². The van der Waals surface area contributed by atoms with Gasteiger partial charge >= 0.3 is 0 Å². The van der Waals surface area contributed by atoms with Crippen LogP contribution < -0.4 is 21.3 Å². The molecule has 1 heterocycles. The molecule has 1 aromatic heterocycles. The first-order valence-corrected chi connectivity index (χ1v) is 6.93. The molecule has 0 saturated heterocycles. The second kappa shape index (κ2) is 6.90. The van der Waals surface area contributed by atoms with Crippen LogP contribution >= 0.6 is 0 Å². The standard InChI is InChI=1S/C15H21N5O/c1-4-7-13-18-14(10(2)15(19-13)20-16)17-11-8-5-6-9-12(11)21-3/h5-6,8-9H,4,7,16H2,1-3H3,(H2,17,18,19,20). The van der Waals surface area contributed by atoms with Gasteiger partial charge in [-0.2, -0.15) is 0 Å². The Morgan fingerprint density at radius 2 is 1.90 bits per heavy atom. The van der Waals surface area contributed by atoms with E-state index < -0.39 is 0 Å². The van der Waals surface area contributed by atoms with Crippen molar-refractivity contribution in [3.05, 3.63) is 35.7 Å². The number of aromatic nitrogens is 2. The molecule has 2 aromatic rings. The molecule has 0 unspecified atom stereocenters. The maximum Gasteiger partial charge on any atom is 0.148 e. The number of anilines is 3. The molecule has 0 radical (unpaired) electrons. The largest absolute Gasteiger partial charge is 0.495 e. The summed E-state index contributed by atoms with van der Waals surface area (Å²) in [4.78, 5) is 8.97. The van der Waals surface area contributed by atoms with Crippen LogP contribution in [0.1, 0.15) is 24.7 Å². The van der Waals surface area contributed by atoms with Crippen LogP contribution in [-0.4, -0.2) is 17.1 Å². The number of hydrazine groups is 1. The molecule has 4 N–H and O–H groups in total. The predicted molar refractivity (Wildman–Crippen MR) is 84.9 cm³/mol. The zero-order valence-corrected chi connectivity index (χ0v) is 12.6. The van der Waals surface area contributed by atoms with Crippen LogP contribution in [0.25, 0.3) is 0 Å². The fraction of sp³-hybridized carbons (Fsp3) is 0.333. The lowest BCUT2D eigenvalue weighted by molar-refractivity contribution is 0.417. The molecule has 0 aliphatic carbocycles. The van der Waals surface area contributed by atoms with Crippen LogP contribution in [0.2, 0.25) is 0 Å². The van der Waals surface area contributed by atoms with Gasteiger partial charge in [-0.05, 0) is 25.5 Å². The number of ether oxygens (including phenoxy) is 1. The highest BCUT2D eigenvalue weighted by Gasteiger charge is 2.11. The number of nitrogens with two attached hydrogens (primary N) is 1. The van der Waals surface area contributed by atoms with Gasteiger partial charge < -0.3 is 15.5 Å². The molecule has 2 rings (SSSR count). The molecule has 0 aliphatic rings. The van der Waals surface area contributed by atoms with E-state index in [1.165, 1.54) is 0 Å². The maximum absolute atomic E-state index is 5.54. The second-order valence-corrected chi connectivity index (χ2v) is 4.68. The zero-order chi connectivity index (χ0) is 15.2. The monoisotopic (exact) mass is 287 g/mol. The Morgan fingerprint density at radius 3 is 2.57 bits per heavy atom. The van der Waals surface area contributed by atoms with Gasteiger partial charge in [0.2, 0.25) is 0 Å². The van der Waals surface area contributed by atoms with Gasteiger partial charge in [-0.1, -0.05) is 19.1 Å². The lowest BCUT2D eigenvalue weighted by Gasteiger charge is -2.15. The van der Waals surface area contributed by atoms with E-state index in [0.29, 0.717) is 5.82 Å². The van der Waals surface area contributed by atoms with Crippen LogP contribution in [0, 0.1) is 6.92 Å². The summed E-state index contributed by atoms with van der Waals surface area (Å²) in [6, 6.07) is 7.70. The molecule has 0 fully saturated rings. The summed E-state index contributed by atoms with van der Waals surface area (Å²) in [7, 11) is 1.64. The quantitative estimate of drug-likeness (QED) is 0.559. The highest BCUT2D eigenvalue weighted by Crippen LogP contribution is 2.29. The minimum atomic E-state index is 0.630. The fourth-order valence-corrected chi connectivity index (χ4v) is 2.04. The molecular formula is C15H21N5O. The summed E-state index contributed by atoms with van der Waals surface area (Å²) < 4.78 is 5.35. The molecule has 21 heavy (non-hydrogen) atoms. The molecule has 0 aliphatic heterocycles. The molecule has 0 bridgehead atoms. The summed E-state index contributed by atoms with van der Waals surface area (Å²) in [5, 5.41) is 3.29. The first-order chi connectivity index (χ1) is 10.2. The molecular weight excluding hydrogens is 266 g/mol. The van der Waals surface area contributed by atoms with Crippen molar-refractivity contribution in [1.82, 2.24) is 9.97 Å². The molecule has 0 saturated carbocycles. The van der Waals surface area contributed by atoms with E-state index in [1.54, 1.807) is 7.11 Å². The van der Waals surface area contributed by atoms with Gasteiger partial charge in [0.15, 0.2) is 0 Å². The molecule has 0 amide bonds. The normalized spacial score (nSPS) is 10.3. The summed E-state index contributed by atoms with van der Waals surface area (Å²) in [6.45, 7) is 4.01. The van der Waals surface area contributed by atoms with Gasteiger partial charge in [0.1, 0.15) is 23.2 Å². The van der Waals surface area contributed by atoms with E-state index in [1.807, 2.05) is 31.2 Å². The topological polar surface area (TPSA) is 85.1 Å². The Hall–Kier alpha value is -2.34. The van der Waals surface area contributed by atoms with Gasteiger partial charge in [-0.15, -0.1) is 0 Å². The van der Waals surface area contributed by atoms with E-state index >= 15 is 0 Å². The summed E-state index contributed by atoms with van der Waals surface area (Å²) in [5.74, 6) is 8.42. The zero-order valence-electron chi connectivity index (χ0n) is 12.6. The van der Waals surface area contributed by atoms with E-state index in [9.17, 15) is 0 Å². The van der Waals surface area contributed by atoms with Crippen molar-refractivity contribution in [1.29, 1.82) is 0 Å². The van der Waals surface area contributed by atoms with Crippen LogP contribution in [-0.2, 0) is 6.42 Å². The lowest BCUT2D eigenvalue weighted by atomic mass is 10.2. The number of nitrogens with one attached hydrogen (secondary N) is 2. The van der Waals surface area contributed by atoms with Crippen molar-refractivity contribution < 1.29 is 4.74 Å². The van der Waals surface area contributed by atoms with E-state index in [-0.39, 0.29) is 0 Å². The van der Waals surface area contributed by atoms with Crippen LogP contribution in [0.4, 0.5) is 17.3 Å². The van der Waals surface area contributed by atoms with Crippen LogP contribution in [0.3, 0.4) is 0 Å². The van der Waals surface area contributed by atoms with Gasteiger partial charge in [0.25, 0.3) is 0 Å². The Kier molecular flexibility index (Phi) is 4.94. The molecule has 0 atom stereocenters. The number of hydrogen-bond donors (Lipinski definition) is 3. The van der Waals surface area contributed by atoms with Crippen molar-refractivity contribution in [2.24, 2.45) is 5.84 Å². The van der Waals surface area contributed by atoms with Crippen LogP contribution in [0.15, 0.2) is 24.3 Å². The fourth-order valence-electron chi connectivity index (χ4n) is 2.04. The lowest BCUT2D eigenvalue weighted by Crippen LogP contribution is -2.14. The number of nitrogen functional groups attached to an aromatic ring is 1. The molecule has 112 valence electrons. The van der Waals surface area contributed by atoms with Gasteiger partial charge in [-0.3, -0.25) is 0 Å². The first kappa shape index (κ1) is 15.1. The Labute approximate surface area is 124 Å². The van der Waals surface area contributed by atoms with Crippen molar-refractivity contribution >= 4 is 17.3 Å². The Bertz CT molecular complexity index is 615.